The van der Waals surface area contributed by atoms with E-state index >= 15 is 0 Å². The molecule has 0 aliphatic rings. The normalized spacial score (nSPS) is 10.8. The minimum atomic E-state index is -0.537. The number of ether oxygens (including phenoxy) is 3. The van der Waals surface area contributed by atoms with Gasteiger partial charge in [0.25, 0.3) is 5.91 Å². The lowest BCUT2D eigenvalue weighted by Crippen LogP contribution is -2.34. The number of unbranched alkanes of at least 4 members (excludes halogenated alkanes) is 10. The molecule has 0 aliphatic heterocycles. The van der Waals surface area contributed by atoms with Crippen LogP contribution in [0.25, 0.3) is 0 Å². The highest BCUT2D eigenvalue weighted by molar-refractivity contribution is 5.92. The quantitative estimate of drug-likeness (QED) is 0.0648. The molecule has 0 aliphatic carbocycles. The van der Waals surface area contributed by atoms with Crippen LogP contribution in [0.4, 0.5) is 0 Å². The van der Waals surface area contributed by atoms with Gasteiger partial charge in [-0.15, -0.1) is 0 Å². The van der Waals surface area contributed by atoms with Crippen molar-refractivity contribution in [3.8, 4) is 17.2 Å². The van der Waals surface area contributed by atoms with E-state index in [1.54, 1.807) is 49.6 Å². The van der Waals surface area contributed by atoms with Crippen LogP contribution in [0.5, 0.6) is 17.2 Å². The molecule has 224 valence electrons. The van der Waals surface area contributed by atoms with Crippen molar-refractivity contribution >= 4 is 24.0 Å². The van der Waals surface area contributed by atoms with E-state index < -0.39 is 11.9 Å². The molecule has 0 fully saturated rings. The number of hydrogen-bond acceptors (Lipinski definition) is 7. The third-order valence-corrected chi connectivity index (χ3v) is 6.57. The SMILES string of the molecule is CCCCCCCCCCCCCC(=O)NCC(=O)N/N=C/c1ccc(OC(=O)c2ccc(OC)cc2)c(OC)c1. The summed E-state index contributed by atoms with van der Waals surface area (Å²) in [5.41, 5.74) is 3.38. The summed E-state index contributed by atoms with van der Waals surface area (Å²) in [6.07, 6.45) is 15.3. The van der Waals surface area contributed by atoms with Gasteiger partial charge in [-0.2, -0.15) is 5.10 Å². The number of methoxy groups -OCH3 is 2. The summed E-state index contributed by atoms with van der Waals surface area (Å²) in [5, 5.41) is 6.56. The highest BCUT2D eigenvalue weighted by atomic mass is 16.6. The summed E-state index contributed by atoms with van der Waals surface area (Å²) in [5.74, 6) is 0.115. The van der Waals surface area contributed by atoms with E-state index in [4.69, 9.17) is 14.2 Å². The van der Waals surface area contributed by atoms with Gasteiger partial charge in [-0.25, -0.2) is 10.2 Å². The molecule has 0 unspecified atom stereocenters. The number of rotatable bonds is 20. The van der Waals surface area contributed by atoms with Crippen molar-refractivity contribution in [3.05, 3.63) is 53.6 Å². The number of nitrogens with zero attached hydrogens (tertiary/aromatic N) is 1. The van der Waals surface area contributed by atoms with E-state index in [9.17, 15) is 14.4 Å². The molecule has 41 heavy (non-hydrogen) atoms. The number of esters is 1. The van der Waals surface area contributed by atoms with Gasteiger partial charge in [0.05, 0.1) is 32.5 Å². The number of hydrogen-bond donors (Lipinski definition) is 2. The lowest BCUT2D eigenvalue weighted by atomic mass is 10.1. The van der Waals surface area contributed by atoms with Crippen molar-refractivity contribution in [1.29, 1.82) is 0 Å². The Morgan fingerprint density at radius 2 is 1.39 bits per heavy atom. The fraction of sp³-hybridized carbons (Fsp3) is 0.500. The van der Waals surface area contributed by atoms with Crippen molar-refractivity contribution in [1.82, 2.24) is 10.7 Å². The van der Waals surface area contributed by atoms with Gasteiger partial charge in [-0.1, -0.05) is 71.1 Å². The molecule has 0 bridgehead atoms. The van der Waals surface area contributed by atoms with Crippen LogP contribution in [-0.2, 0) is 9.59 Å². The number of nitrogens with one attached hydrogen (secondary N) is 2. The largest absolute Gasteiger partial charge is 0.497 e. The summed E-state index contributed by atoms with van der Waals surface area (Å²) in [4.78, 5) is 36.5. The van der Waals surface area contributed by atoms with Gasteiger partial charge in [-0.05, 0) is 54.4 Å². The zero-order valence-corrected chi connectivity index (χ0v) is 24.7. The molecule has 0 saturated carbocycles. The maximum Gasteiger partial charge on any atom is 0.343 e. The van der Waals surface area contributed by atoms with Gasteiger partial charge in [-0.3, -0.25) is 9.59 Å². The Kier molecular flexibility index (Phi) is 16.3. The van der Waals surface area contributed by atoms with E-state index in [0.717, 1.165) is 19.3 Å². The molecule has 0 heterocycles. The first-order valence-electron chi connectivity index (χ1n) is 14.6. The van der Waals surface area contributed by atoms with Crippen molar-refractivity contribution in [2.45, 2.75) is 84.0 Å². The second-order valence-electron chi connectivity index (χ2n) is 9.88. The van der Waals surface area contributed by atoms with Crippen molar-refractivity contribution in [3.63, 3.8) is 0 Å². The van der Waals surface area contributed by atoms with E-state index in [1.165, 1.54) is 64.7 Å². The fourth-order valence-electron chi connectivity index (χ4n) is 4.17. The van der Waals surface area contributed by atoms with Gasteiger partial charge in [0.1, 0.15) is 5.75 Å². The van der Waals surface area contributed by atoms with Crippen molar-refractivity contribution < 1.29 is 28.6 Å². The third-order valence-electron chi connectivity index (χ3n) is 6.57. The molecular weight excluding hydrogens is 522 g/mol. The summed E-state index contributed by atoms with van der Waals surface area (Å²) in [7, 11) is 3.01. The molecule has 2 aromatic rings. The Morgan fingerprint density at radius 1 is 0.756 bits per heavy atom. The minimum absolute atomic E-state index is 0.135. The first-order valence-corrected chi connectivity index (χ1v) is 14.6. The number of carbonyl (C=O) groups is 3. The van der Waals surface area contributed by atoms with Crippen LogP contribution in [0.3, 0.4) is 0 Å². The maximum absolute atomic E-state index is 12.5. The monoisotopic (exact) mass is 567 g/mol. The molecule has 2 rings (SSSR count). The predicted molar refractivity (Wildman–Crippen MR) is 161 cm³/mol. The standard InChI is InChI=1S/C32H45N3O6/c1-4-5-6-7-8-9-10-11-12-13-14-15-30(36)33-24-31(37)35-34-23-25-16-21-28(29(22-25)40-3)41-32(38)26-17-19-27(39-2)20-18-26/h16-23H,4-15,24H2,1-3H3,(H,33,36)(H,35,37)/b34-23+. The van der Waals surface area contributed by atoms with Crippen molar-refractivity contribution in [2.24, 2.45) is 5.10 Å². The average molecular weight is 568 g/mol. The van der Waals surface area contributed by atoms with Gasteiger partial charge >= 0.3 is 5.97 Å². The van der Waals surface area contributed by atoms with E-state index in [1.807, 2.05) is 0 Å². The molecule has 2 aromatic carbocycles. The van der Waals surface area contributed by atoms with E-state index in [2.05, 4.69) is 22.8 Å². The number of amides is 2. The van der Waals surface area contributed by atoms with Gasteiger partial charge in [0, 0.05) is 6.42 Å². The van der Waals surface area contributed by atoms with Gasteiger partial charge < -0.3 is 19.5 Å². The predicted octanol–water partition coefficient (Wildman–Crippen LogP) is 6.19. The van der Waals surface area contributed by atoms with Gasteiger partial charge in [0.2, 0.25) is 5.91 Å². The second kappa shape index (κ2) is 20.1. The zero-order valence-electron chi connectivity index (χ0n) is 24.7. The highest BCUT2D eigenvalue weighted by Gasteiger charge is 2.13. The second-order valence-corrected chi connectivity index (χ2v) is 9.88. The Balaban J connectivity index is 1.64. The Hall–Kier alpha value is -3.88. The van der Waals surface area contributed by atoms with Crippen molar-refractivity contribution in [2.75, 3.05) is 20.8 Å². The highest BCUT2D eigenvalue weighted by Crippen LogP contribution is 2.28. The summed E-state index contributed by atoms with van der Waals surface area (Å²) in [6.45, 7) is 2.09. The van der Waals surface area contributed by atoms with Crippen LogP contribution < -0.4 is 25.0 Å². The van der Waals surface area contributed by atoms with Crippen LogP contribution in [0, 0.1) is 0 Å². The summed E-state index contributed by atoms with van der Waals surface area (Å²) in [6, 6.07) is 11.4. The van der Waals surface area contributed by atoms with Crippen LogP contribution in [0.2, 0.25) is 0 Å². The summed E-state index contributed by atoms with van der Waals surface area (Å²) >= 11 is 0. The zero-order chi connectivity index (χ0) is 29.7. The first kappa shape index (κ1) is 33.3. The topological polar surface area (TPSA) is 115 Å². The third kappa shape index (κ3) is 13.8. The summed E-state index contributed by atoms with van der Waals surface area (Å²) < 4.78 is 15.9. The molecule has 9 heteroatoms. The Bertz CT molecular complexity index is 1100. The molecule has 0 radical (unpaired) electrons. The molecule has 0 atom stereocenters. The molecule has 9 nitrogen and oxygen atoms in total. The number of hydrazone groups is 1. The maximum atomic E-state index is 12.5. The van der Waals surface area contributed by atoms with E-state index in [-0.39, 0.29) is 18.2 Å². The molecular formula is C32H45N3O6. The van der Waals surface area contributed by atoms with Crippen LogP contribution >= 0.6 is 0 Å². The average Bonchev–Trinajstić information content (AvgIpc) is 2.99. The first-order chi connectivity index (χ1) is 20.0. The lowest BCUT2D eigenvalue weighted by Gasteiger charge is -2.10. The number of carbonyl (C=O) groups excluding carboxylic acids is 3. The van der Waals surface area contributed by atoms with Crippen LogP contribution in [0.1, 0.15) is 99.9 Å². The fourth-order valence-corrected chi connectivity index (χ4v) is 4.17. The van der Waals surface area contributed by atoms with Crippen LogP contribution in [-0.4, -0.2) is 44.8 Å². The van der Waals surface area contributed by atoms with E-state index in [0.29, 0.717) is 29.0 Å². The smallest absolute Gasteiger partial charge is 0.343 e. The van der Waals surface area contributed by atoms with Gasteiger partial charge in [0.15, 0.2) is 11.5 Å². The minimum Gasteiger partial charge on any atom is -0.497 e. The molecule has 2 N–H and O–H groups in total. The molecule has 2 amide bonds. The number of benzene rings is 2. The molecule has 0 spiro atoms. The Labute approximate surface area is 244 Å². The van der Waals surface area contributed by atoms with Crippen LogP contribution in [0.15, 0.2) is 47.6 Å². The lowest BCUT2D eigenvalue weighted by molar-refractivity contribution is -0.126. The molecule has 0 saturated heterocycles. The molecule has 0 aromatic heterocycles. The Morgan fingerprint density at radius 3 is 2.00 bits per heavy atom.